The zero-order valence-corrected chi connectivity index (χ0v) is 20.5. The second kappa shape index (κ2) is 8.68. The first-order valence-corrected chi connectivity index (χ1v) is 12.4. The first-order valence-electron chi connectivity index (χ1n) is 11.4. The number of rotatable bonds is 3. The highest BCUT2D eigenvalue weighted by Gasteiger charge is 2.59. The second-order valence-electron chi connectivity index (χ2n) is 8.99. The van der Waals surface area contributed by atoms with E-state index in [9.17, 15) is 18.4 Å². The van der Waals surface area contributed by atoms with Crippen molar-refractivity contribution in [1.82, 2.24) is 4.90 Å². The molecule has 2 heterocycles. The fourth-order valence-electron chi connectivity index (χ4n) is 4.74. The molecule has 5 nitrogen and oxygen atoms in total. The monoisotopic (exact) mass is 493 g/mol. The van der Waals surface area contributed by atoms with E-state index in [4.69, 9.17) is 0 Å². The number of aryl methyl sites for hydroxylation is 3. The summed E-state index contributed by atoms with van der Waals surface area (Å²) in [5, 5.41) is 2.93. The first-order chi connectivity index (χ1) is 16.7. The molecule has 3 aromatic carbocycles. The van der Waals surface area contributed by atoms with Gasteiger partial charge < -0.3 is 10.2 Å². The smallest absolute Gasteiger partial charge is 0.308 e. The Bertz CT molecular complexity index is 1340. The number of benzene rings is 3. The van der Waals surface area contributed by atoms with Crippen LogP contribution in [-0.2, 0) is 16.2 Å². The van der Waals surface area contributed by atoms with Crippen molar-refractivity contribution in [3.63, 3.8) is 0 Å². The molecule has 1 saturated heterocycles. The minimum absolute atomic E-state index is 0.182. The van der Waals surface area contributed by atoms with Crippen LogP contribution in [0.1, 0.15) is 27.8 Å². The van der Waals surface area contributed by atoms with E-state index in [1.165, 1.54) is 34.9 Å². The first kappa shape index (κ1) is 23.4. The maximum atomic E-state index is 14.5. The summed E-state index contributed by atoms with van der Waals surface area (Å²) in [5.74, 6) is -1.24. The van der Waals surface area contributed by atoms with E-state index in [1.54, 1.807) is 11.0 Å². The van der Waals surface area contributed by atoms with Gasteiger partial charge in [-0.2, -0.15) is 0 Å². The Labute approximate surface area is 207 Å². The van der Waals surface area contributed by atoms with Crippen LogP contribution >= 0.6 is 11.8 Å². The number of anilines is 2. The molecule has 8 heteroatoms. The van der Waals surface area contributed by atoms with Gasteiger partial charge >= 0.3 is 6.03 Å². The lowest BCUT2D eigenvalue weighted by Crippen LogP contribution is -2.51. The molecule has 0 aromatic heterocycles. The molecule has 0 bridgehead atoms. The van der Waals surface area contributed by atoms with Gasteiger partial charge in [0.1, 0.15) is 11.6 Å². The lowest BCUT2D eigenvalue weighted by atomic mass is 10.0. The molecule has 0 radical (unpaired) electrons. The summed E-state index contributed by atoms with van der Waals surface area (Å²) in [6.07, 6.45) is 0. The minimum atomic E-state index is -1.30. The van der Waals surface area contributed by atoms with E-state index in [1.807, 2.05) is 51.1 Å². The molecule has 180 valence electrons. The normalized spacial score (nSPS) is 18.9. The summed E-state index contributed by atoms with van der Waals surface area (Å²) in [7, 11) is 0. The maximum Gasteiger partial charge on any atom is 0.323 e. The van der Waals surface area contributed by atoms with Crippen molar-refractivity contribution in [2.45, 2.75) is 32.2 Å². The lowest BCUT2D eigenvalue weighted by molar-refractivity contribution is -0.123. The number of hydrogen-bond acceptors (Lipinski definition) is 3. The average Bonchev–Trinajstić information content (AvgIpc) is 3.35. The number of nitrogens with zero attached hydrogens (tertiary/aromatic N) is 2. The van der Waals surface area contributed by atoms with Gasteiger partial charge in [-0.25, -0.2) is 13.6 Å². The number of nitrogens with one attached hydrogen (secondary N) is 1. The Hall–Kier alpha value is -3.39. The molecule has 3 amide bonds. The third-order valence-electron chi connectivity index (χ3n) is 6.73. The average molecular weight is 494 g/mol. The van der Waals surface area contributed by atoms with Crippen molar-refractivity contribution in [2.24, 2.45) is 0 Å². The fraction of sp³-hybridized carbons (Fsp3) is 0.259. The second-order valence-corrected chi connectivity index (χ2v) is 10.3. The van der Waals surface area contributed by atoms with Gasteiger partial charge in [-0.05, 0) is 62.2 Å². The van der Waals surface area contributed by atoms with Crippen LogP contribution < -0.4 is 10.2 Å². The number of hydrogen-bond donors (Lipinski definition) is 1. The third kappa shape index (κ3) is 3.76. The standard InChI is InChI=1S/C27H25F2N3O2S/c1-16-7-10-24-21(13-16)27(25(33)31(24)15-20-22(28)5-4-6-23(20)29)32(11-12-35-27)26(34)30-19-9-8-17(2)18(3)14-19/h4-10,13-14H,11-12,15H2,1-3H3,(H,30,34). The number of carbonyl (C=O) groups is 2. The molecule has 1 spiro atoms. The molecule has 0 saturated carbocycles. The molecular formula is C27H25F2N3O2S. The summed E-state index contributed by atoms with van der Waals surface area (Å²) < 4.78 is 29.0. The van der Waals surface area contributed by atoms with E-state index in [0.717, 1.165) is 16.7 Å². The summed E-state index contributed by atoms with van der Waals surface area (Å²) in [5.41, 5.74) is 4.77. The van der Waals surface area contributed by atoms with E-state index in [-0.39, 0.29) is 18.0 Å². The van der Waals surface area contributed by atoms with Gasteiger partial charge in [-0.3, -0.25) is 9.69 Å². The third-order valence-corrected chi connectivity index (χ3v) is 8.15. The van der Waals surface area contributed by atoms with Crippen LogP contribution in [0.2, 0.25) is 0 Å². The highest BCUT2D eigenvalue weighted by atomic mass is 32.2. The van der Waals surface area contributed by atoms with Crippen molar-refractivity contribution < 1.29 is 18.4 Å². The molecule has 1 N–H and O–H groups in total. The van der Waals surface area contributed by atoms with Gasteiger partial charge in [0.2, 0.25) is 0 Å². The molecule has 35 heavy (non-hydrogen) atoms. The van der Waals surface area contributed by atoms with Crippen LogP contribution in [0, 0.1) is 32.4 Å². The molecule has 2 aliphatic heterocycles. The van der Waals surface area contributed by atoms with Gasteiger partial charge in [-0.15, -0.1) is 11.8 Å². The van der Waals surface area contributed by atoms with Crippen LogP contribution in [0.25, 0.3) is 0 Å². The Morgan fingerprint density at radius 3 is 2.49 bits per heavy atom. The molecule has 3 aromatic rings. The fourth-order valence-corrected chi connectivity index (χ4v) is 6.19. The number of thioether (sulfide) groups is 1. The number of fused-ring (bicyclic) bond motifs is 2. The Morgan fingerprint density at radius 1 is 1.03 bits per heavy atom. The zero-order chi connectivity index (χ0) is 24.9. The van der Waals surface area contributed by atoms with Crippen LogP contribution in [0.4, 0.5) is 25.0 Å². The zero-order valence-electron chi connectivity index (χ0n) is 19.7. The number of urea groups is 1. The lowest BCUT2D eigenvalue weighted by Gasteiger charge is -2.33. The van der Waals surface area contributed by atoms with Crippen LogP contribution in [0.3, 0.4) is 0 Å². The maximum absolute atomic E-state index is 14.5. The van der Waals surface area contributed by atoms with E-state index in [2.05, 4.69) is 5.32 Å². The predicted octanol–water partition coefficient (Wildman–Crippen LogP) is 5.87. The van der Waals surface area contributed by atoms with Gasteiger partial charge in [0.15, 0.2) is 4.87 Å². The number of carbonyl (C=O) groups excluding carboxylic acids is 2. The summed E-state index contributed by atoms with van der Waals surface area (Å²) in [4.78, 5) is 29.2. The Balaban J connectivity index is 1.55. The molecule has 1 unspecified atom stereocenters. The molecule has 1 fully saturated rings. The largest absolute Gasteiger partial charge is 0.323 e. The molecule has 2 aliphatic rings. The Kier molecular flexibility index (Phi) is 5.79. The molecular weight excluding hydrogens is 468 g/mol. The Morgan fingerprint density at radius 2 is 1.77 bits per heavy atom. The molecule has 1 atom stereocenters. The molecule has 0 aliphatic carbocycles. The molecule has 5 rings (SSSR count). The van der Waals surface area contributed by atoms with E-state index >= 15 is 0 Å². The van der Waals surface area contributed by atoms with Gasteiger partial charge in [0, 0.05) is 29.1 Å². The van der Waals surface area contributed by atoms with Crippen molar-refractivity contribution in [1.29, 1.82) is 0 Å². The number of halogens is 2. The van der Waals surface area contributed by atoms with Crippen molar-refractivity contribution in [3.05, 3.63) is 94.0 Å². The van der Waals surface area contributed by atoms with E-state index in [0.29, 0.717) is 29.2 Å². The van der Waals surface area contributed by atoms with Gasteiger partial charge in [-0.1, -0.05) is 29.8 Å². The topological polar surface area (TPSA) is 52.7 Å². The number of amides is 3. The highest BCUT2D eigenvalue weighted by Crippen LogP contribution is 2.54. The van der Waals surface area contributed by atoms with Crippen LogP contribution in [0.5, 0.6) is 0 Å². The predicted molar refractivity (Wildman–Crippen MR) is 135 cm³/mol. The van der Waals surface area contributed by atoms with E-state index < -0.39 is 22.5 Å². The van der Waals surface area contributed by atoms with Crippen molar-refractivity contribution in [3.8, 4) is 0 Å². The quantitative estimate of drug-likeness (QED) is 0.497. The summed E-state index contributed by atoms with van der Waals surface area (Å²) in [6, 6.07) is 14.5. The van der Waals surface area contributed by atoms with Crippen molar-refractivity contribution in [2.75, 3.05) is 22.5 Å². The SMILES string of the molecule is Cc1ccc2c(c1)C1(SCCN1C(=O)Nc1ccc(C)c(C)c1)C(=O)N2Cc1c(F)cccc1F. The highest BCUT2D eigenvalue weighted by molar-refractivity contribution is 8.01. The van der Waals surface area contributed by atoms with Crippen molar-refractivity contribution >= 4 is 35.1 Å². The van der Waals surface area contributed by atoms with Gasteiger partial charge in [0.25, 0.3) is 5.91 Å². The summed E-state index contributed by atoms with van der Waals surface area (Å²) >= 11 is 1.37. The summed E-state index contributed by atoms with van der Waals surface area (Å²) in [6.45, 7) is 5.98. The van der Waals surface area contributed by atoms with Gasteiger partial charge in [0.05, 0.1) is 12.2 Å². The van der Waals surface area contributed by atoms with Crippen LogP contribution in [0.15, 0.2) is 54.6 Å². The minimum Gasteiger partial charge on any atom is -0.308 e. The van der Waals surface area contributed by atoms with Crippen LogP contribution in [-0.4, -0.2) is 29.1 Å².